The van der Waals surface area contributed by atoms with Crippen molar-refractivity contribution in [1.29, 1.82) is 0 Å². The van der Waals surface area contributed by atoms with Crippen LogP contribution in [0, 0.1) is 0 Å². The quantitative estimate of drug-likeness (QED) is 0.736. The van der Waals surface area contributed by atoms with E-state index in [1.807, 2.05) is 36.4 Å². The molecule has 0 saturated carbocycles. The van der Waals surface area contributed by atoms with Gasteiger partial charge >= 0.3 is 0 Å². The van der Waals surface area contributed by atoms with Crippen LogP contribution in [0.1, 0.15) is 5.69 Å². The molecule has 5 nitrogen and oxygen atoms in total. The van der Waals surface area contributed by atoms with Crippen molar-refractivity contribution in [3.8, 4) is 17.0 Å². The van der Waals surface area contributed by atoms with Crippen molar-refractivity contribution in [2.75, 3.05) is 6.61 Å². The van der Waals surface area contributed by atoms with E-state index in [4.69, 9.17) is 16.3 Å². The van der Waals surface area contributed by atoms with Crippen molar-refractivity contribution in [2.45, 2.75) is 6.54 Å². The van der Waals surface area contributed by atoms with Gasteiger partial charge in [-0.1, -0.05) is 41.9 Å². The predicted octanol–water partition coefficient (Wildman–Crippen LogP) is 3.49. The smallest absolute Gasteiger partial charge is 0.258 e. The first kappa shape index (κ1) is 16.9. The topological polar surface area (TPSA) is 64.1 Å². The summed E-state index contributed by atoms with van der Waals surface area (Å²) < 4.78 is 5.40. The fourth-order valence-electron chi connectivity index (χ4n) is 2.18. The van der Waals surface area contributed by atoms with Gasteiger partial charge in [0.1, 0.15) is 12.1 Å². The molecular weight excluding hydrogens is 338 g/mol. The molecule has 1 N–H and O–H groups in total. The van der Waals surface area contributed by atoms with Crippen LogP contribution in [0.4, 0.5) is 0 Å². The van der Waals surface area contributed by atoms with Crippen molar-refractivity contribution < 1.29 is 9.53 Å². The molecule has 0 spiro atoms. The van der Waals surface area contributed by atoms with Gasteiger partial charge in [0.25, 0.3) is 5.91 Å². The Morgan fingerprint density at radius 2 is 1.80 bits per heavy atom. The molecule has 0 aliphatic rings. The summed E-state index contributed by atoms with van der Waals surface area (Å²) >= 11 is 5.80. The zero-order chi connectivity index (χ0) is 17.5. The van der Waals surface area contributed by atoms with E-state index in [2.05, 4.69) is 15.3 Å². The van der Waals surface area contributed by atoms with E-state index in [1.54, 1.807) is 24.3 Å². The van der Waals surface area contributed by atoms with Gasteiger partial charge in [0.2, 0.25) is 0 Å². The summed E-state index contributed by atoms with van der Waals surface area (Å²) in [5.41, 5.74) is 2.55. The minimum atomic E-state index is -0.227. The summed E-state index contributed by atoms with van der Waals surface area (Å²) in [5.74, 6) is 0.364. The highest BCUT2D eigenvalue weighted by molar-refractivity contribution is 6.30. The lowest BCUT2D eigenvalue weighted by molar-refractivity contribution is -0.123. The van der Waals surface area contributed by atoms with Crippen LogP contribution in [0.5, 0.6) is 5.75 Å². The van der Waals surface area contributed by atoms with E-state index in [-0.39, 0.29) is 12.5 Å². The summed E-state index contributed by atoms with van der Waals surface area (Å²) in [6.07, 6.45) is 1.49. The van der Waals surface area contributed by atoms with Gasteiger partial charge in [0, 0.05) is 10.6 Å². The normalized spacial score (nSPS) is 10.3. The Morgan fingerprint density at radius 1 is 1.04 bits per heavy atom. The second-order valence-electron chi connectivity index (χ2n) is 5.28. The SMILES string of the molecule is O=C(COc1ccc(Cl)cc1)NCc1cc(-c2ccccc2)ncn1. The zero-order valence-corrected chi connectivity index (χ0v) is 14.1. The van der Waals surface area contributed by atoms with Gasteiger partial charge in [-0.25, -0.2) is 9.97 Å². The molecule has 6 heteroatoms. The summed E-state index contributed by atoms with van der Waals surface area (Å²) in [6, 6.07) is 18.5. The lowest BCUT2D eigenvalue weighted by Gasteiger charge is -2.08. The lowest BCUT2D eigenvalue weighted by Crippen LogP contribution is -2.28. The number of carbonyl (C=O) groups is 1. The first-order chi connectivity index (χ1) is 12.2. The average Bonchev–Trinajstić information content (AvgIpc) is 2.67. The molecule has 0 bridgehead atoms. The van der Waals surface area contributed by atoms with Crippen LogP contribution in [0.15, 0.2) is 67.0 Å². The number of nitrogens with zero attached hydrogens (tertiary/aromatic N) is 2. The third kappa shape index (κ3) is 5.02. The maximum atomic E-state index is 11.9. The van der Waals surface area contributed by atoms with E-state index in [9.17, 15) is 4.79 Å². The average molecular weight is 354 g/mol. The number of hydrogen-bond acceptors (Lipinski definition) is 4. The van der Waals surface area contributed by atoms with Crippen molar-refractivity contribution in [3.05, 3.63) is 77.7 Å². The predicted molar refractivity (Wildman–Crippen MR) is 96.3 cm³/mol. The summed E-state index contributed by atoms with van der Waals surface area (Å²) in [6.45, 7) is 0.240. The Labute approximate surface area is 150 Å². The first-order valence-corrected chi connectivity index (χ1v) is 8.10. The van der Waals surface area contributed by atoms with Crippen molar-refractivity contribution in [2.24, 2.45) is 0 Å². The summed E-state index contributed by atoms with van der Waals surface area (Å²) in [7, 11) is 0. The van der Waals surface area contributed by atoms with E-state index < -0.39 is 0 Å². The highest BCUT2D eigenvalue weighted by Gasteiger charge is 2.05. The molecule has 0 atom stereocenters. The Bertz CT molecular complexity index is 839. The molecule has 126 valence electrons. The molecule has 0 unspecified atom stereocenters. The van der Waals surface area contributed by atoms with Crippen LogP contribution in [-0.2, 0) is 11.3 Å². The van der Waals surface area contributed by atoms with Crippen molar-refractivity contribution in [1.82, 2.24) is 15.3 Å². The fraction of sp³-hybridized carbons (Fsp3) is 0.105. The first-order valence-electron chi connectivity index (χ1n) is 7.72. The molecule has 3 rings (SSSR count). The van der Waals surface area contributed by atoms with Gasteiger partial charge in [-0.05, 0) is 30.3 Å². The minimum Gasteiger partial charge on any atom is -0.484 e. The van der Waals surface area contributed by atoms with Gasteiger partial charge in [-0.3, -0.25) is 4.79 Å². The van der Waals surface area contributed by atoms with E-state index in [1.165, 1.54) is 6.33 Å². The second kappa shape index (κ2) is 8.26. The van der Waals surface area contributed by atoms with Crippen LogP contribution in [0.25, 0.3) is 11.3 Å². The number of hydrogen-bond donors (Lipinski definition) is 1. The van der Waals surface area contributed by atoms with Gasteiger partial charge in [0.15, 0.2) is 6.61 Å². The maximum Gasteiger partial charge on any atom is 0.258 e. The fourth-order valence-corrected chi connectivity index (χ4v) is 2.31. The van der Waals surface area contributed by atoms with E-state index in [0.717, 1.165) is 17.0 Å². The molecule has 2 aromatic carbocycles. The number of carbonyl (C=O) groups excluding carboxylic acids is 1. The van der Waals surface area contributed by atoms with Crippen LogP contribution in [0.2, 0.25) is 5.02 Å². The van der Waals surface area contributed by atoms with Crippen LogP contribution < -0.4 is 10.1 Å². The van der Waals surface area contributed by atoms with Crippen LogP contribution in [0.3, 0.4) is 0 Å². The number of amides is 1. The molecule has 0 fully saturated rings. The molecule has 0 saturated heterocycles. The Balaban J connectivity index is 1.53. The molecule has 1 amide bonds. The molecule has 0 radical (unpaired) electrons. The number of aromatic nitrogens is 2. The summed E-state index contributed by atoms with van der Waals surface area (Å²) in [4.78, 5) is 20.4. The van der Waals surface area contributed by atoms with Gasteiger partial charge in [0.05, 0.1) is 17.9 Å². The Hall–Kier alpha value is -2.92. The minimum absolute atomic E-state index is 0.0712. The number of nitrogens with one attached hydrogen (secondary N) is 1. The van der Waals surface area contributed by atoms with Gasteiger partial charge < -0.3 is 10.1 Å². The molecule has 25 heavy (non-hydrogen) atoms. The van der Waals surface area contributed by atoms with Crippen molar-refractivity contribution in [3.63, 3.8) is 0 Å². The Kier molecular flexibility index (Phi) is 5.59. The molecule has 3 aromatic rings. The highest BCUT2D eigenvalue weighted by Crippen LogP contribution is 2.16. The third-order valence-electron chi connectivity index (χ3n) is 3.44. The molecule has 0 aliphatic heterocycles. The van der Waals surface area contributed by atoms with Crippen molar-refractivity contribution >= 4 is 17.5 Å². The third-order valence-corrected chi connectivity index (χ3v) is 3.70. The largest absolute Gasteiger partial charge is 0.484 e. The lowest BCUT2D eigenvalue weighted by atomic mass is 10.1. The van der Waals surface area contributed by atoms with E-state index >= 15 is 0 Å². The molecule has 1 heterocycles. The highest BCUT2D eigenvalue weighted by atomic mass is 35.5. The van der Waals surface area contributed by atoms with E-state index in [0.29, 0.717) is 17.3 Å². The molecule has 0 aliphatic carbocycles. The van der Waals surface area contributed by atoms with Crippen LogP contribution in [-0.4, -0.2) is 22.5 Å². The number of halogens is 1. The summed E-state index contributed by atoms with van der Waals surface area (Å²) in [5, 5.41) is 3.40. The standard InChI is InChI=1S/C19H16ClN3O2/c20-15-6-8-17(9-7-15)25-12-19(24)21-11-16-10-18(23-13-22-16)14-4-2-1-3-5-14/h1-10,13H,11-12H2,(H,21,24). The van der Waals surface area contributed by atoms with Gasteiger partial charge in [-0.2, -0.15) is 0 Å². The number of benzene rings is 2. The number of rotatable bonds is 6. The second-order valence-corrected chi connectivity index (χ2v) is 5.72. The maximum absolute atomic E-state index is 11.9. The molecule has 1 aromatic heterocycles. The monoisotopic (exact) mass is 353 g/mol. The molecular formula is C19H16ClN3O2. The van der Waals surface area contributed by atoms with Gasteiger partial charge in [-0.15, -0.1) is 0 Å². The zero-order valence-electron chi connectivity index (χ0n) is 13.4. The Morgan fingerprint density at radius 3 is 2.56 bits per heavy atom. The number of ether oxygens (including phenoxy) is 1. The van der Waals surface area contributed by atoms with Crippen LogP contribution >= 0.6 is 11.6 Å².